The Morgan fingerprint density at radius 3 is 2.64 bits per heavy atom. The van der Waals surface area contributed by atoms with Gasteiger partial charge in [-0.05, 0) is 30.6 Å². The van der Waals surface area contributed by atoms with Crippen molar-refractivity contribution in [2.45, 2.75) is 57.8 Å². The smallest absolute Gasteiger partial charge is 0.348 e. The third-order valence-corrected chi connectivity index (χ3v) is 10.3. The van der Waals surface area contributed by atoms with Crippen LogP contribution in [0, 0.1) is 10.1 Å². The summed E-state index contributed by atoms with van der Waals surface area (Å²) in [6.45, 7) is 12.9. The molecule has 2 aromatic rings. The average molecular weight is 407 g/mol. The van der Waals surface area contributed by atoms with E-state index < -0.39 is 24.5 Å². The van der Waals surface area contributed by atoms with Crippen LogP contribution in [0.1, 0.15) is 39.9 Å². The Hall–Kier alpha value is -2.46. The van der Waals surface area contributed by atoms with Gasteiger partial charge in [-0.1, -0.05) is 27.7 Å². The first-order valence-electron chi connectivity index (χ1n) is 9.21. The molecule has 10 heteroatoms. The van der Waals surface area contributed by atoms with Crippen LogP contribution in [0.5, 0.6) is 5.75 Å². The first-order valence-corrected chi connectivity index (χ1v) is 12.1. The molecule has 2 heterocycles. The summed E-state index contributed by atoms with van der Waals surface area (Å²) in [6.07, 6.45) is 0.516. The first-order chi connectivity index (χ1) is 12.9. The van der Waals surface area contributed by atoms with E-state index in [1.54, 1.807) is 0 Å². The number of rotatable bonds is 5. The van der Waals surface area contributed by atoms with Gasteiger partial charge in [-0.3, -0.25) is 10.1 Å². The standard InChI is InChI=1S/C18H26N4O5Si/c1-7-18(11-26-28(5,6)17(2,3)4)15-19-20-16(23)21(15)13-10-12(22(24)25)8-9-14(13)27-18/h8-10H,7,11H2,1-6H3,(H,20,23). The monoisotopic (exact) mass is 406 g/mol. The number of non-ortho nitro benzene ring substituents is 1. The number of hydrogen-bond acceptors (Lipinski definition) is 6. The number of aromatic nitrogens is 3. The number of ether oxygens (including phenoxy) is 1. The van der Waals surface area contributed by atoms with Crippen LogP contribution in [0.4, 0.5) is 5.69 Å². The van der Waals surface area contributed by atoms with Gasteiger partial charge in [0.05, 0.1) is 11.5 Å². The second-order valence-electron chi connectivity index (χ2n) is 8.60. The van der Waals surface area contributed by atoms with Crippen LogP contribution < -0.4 is 10.4 Å². The normalized spacial score (nSPS) is 18.9. The molecule has 0 spiro atoms. The van der Waals surface area contributed by atoms with Crippen molar-refractivity contribution in [2.75, 3.05) is 6.61 Å². The Balaban J connectivity index is 2.08. The molecule has 0 amide bonds. The SMILES string of the molecule is CCC1(CO[Si](C)(C)C(C)(C)C)Oc2ccc([N+](=O)[O-])cc2-n2c1n[nH]c2=O. The fourth-order valence-electron chi connectivity index (χ4n) is 2.90. The van der Waals surface area contributed by atoms with E-state index in [1.807, 2.05) is 6.92 Å². The summed E-state index contributed by atoms with van der Waals surface area (Å²) in [5, 5.41) is 17.8. The predicted octanol–water partition coefficient (Wildman–Crippen LogP) is 3.49. The van der Waals surface area contributed by atoms with E-state index in [0.29, 0.717) is 23.7 Å². The van der Waals surface area contributed by atoms with Crippen molar-refractivity contribution in [1.29, 1.82) is 0 Å². The highest BCUT2D eigenvalue weighted by Gasteiger charge is 2.47. The number of aromatic amines is 1. The van der Waals surface area contributed by atoms with E-state index in [-0.39, 0.29) is 17.3 Å². The van der Waals surface area contributed by atoms with Crippen LogP contribution in [0.3, 0.4) is 0 Å². The Kier molecular flexibility index (Phi) is 4.75. The Bertz CT molecular complexity index is 975. The summed E-state index contributed by atoms with van der Waals surface area (Å²) < 4.78 is 14.0. The third kappa shape index (κ3) is 3.16. The van der Waals surface area contributed by atoms with Crippen molar-refractivity contribution in [1.82, 2.24) is 14.8 Å². The predicted molar refractivity (Wildman–Crippen MR) is 107 cm³/mol. The molecule has 152 valence electrons. The molecule has 1 aromatic heterocycles. The topological polar surface area (TPSA) is 112 Å². The number of nitro benzene ring substituents is 1. The van der Waals surface area contributed by atoms with Gasteiger partial charge in [-0.25, -0.2) is 14.5 Å². The molecule has 0 aliphatic carbocycles. The number of fused-ring (bicyclic) bond motifs is 3. The number of nitrogens with zero attached hydrogens (tertiary/aromatic N) is 3. The van der Waals surface area contributed by atoms with Crippen LogP contribution >= 0.6 is 0 Å². The molecule has 1 unspecified atom stereocenters. The van der Waals surface area contributed by atoms with Gasteiger partial charge in [0.1, 0.15) is 11.4 Å². The molecule has 0 fully saturated rings. The highest BCUT2D eigenvalue weighted by atomic mass is 28.4. The molecule has 9 nitrogen and oxygen atoms in total. The lowest BCUT2D eigenvalue weighted by Gasteiger charge is -2.42. The summed E-state index contributed by atoms with van der Waals surface area (Å²) in [5.74, 6) is 0.758. The van der Waals surface area contributed by atoms with Crippen LogP contribution in [0.25, 0.3) is 5.69 Å². The van der Waals surface area contributed by atoms with Gasteiger partial charge in [0.15, 0.2) is 19.7 Å². The van der Waals surface area contributed by atoms with Crippen LogP contribution in [0.15, 0.2) is 23.0 Å². The van der Waals surface area contributed by atoms with Crippen LogP contribution in [0.2, 0.25) is 18.1 Å². The molecule has 0 saturated carbocycles. The minimum absolute atomic E-state index is 0.0142. The molecule has 0 radical (unpaired) electrons. The van der Waals surface area contributed by atoms with E-state index in [2.05, 4.69) is 44.1 Å². The zero-order valence-corrected chi connectivity index (χ0v) is 18.0. The maximum Gasteiger partial charge on any atom is 0.348 e. The molecule has 1 aromatic carbocycles. The van der Waals surface area contributed by atoms with Gasteiger partial charge in [-0.2, -0.15) is 5.10 Å². The van der Waals surface area contributed by atoms with E-state index in [1.165, 1.54) is 22.8 Å². The Morgan fingerprint density at radius 1 is 1.39 bits per heavy atom. The quantitative estimate of drug-likeness (QED) is 0.462. The number of H-pyrrole nitrogens is 1. The largest absolute Gasteiger partial charge is 0.475 e. The van der Waals surface area contributed by atoms with Crippen LogP contribution in [-0.4, -0.2) is 34.6 Å². The summed E-state index contributed by atoms with van der Waals surface area (Å²) >= 11 is 0. The van der Waals surface area contributed by atoms with E-state index >= 15 is 0 Å². The van der Waals surface area contributed by atoms with Gasteiger partial charge < -0.3 is 9.16 Å². The Morgan fingerprint density at radius 2 is 2.07 bits per heavy atom. The molecule has 3 rings (SSSR count). The molecule has 1 N–H and O–H groups in total. The summed E-state index contributed by atoms with van der Waals surface area (Å²) in [7, 11) is -2.08. The lowest BCUT2D eigenvalue weighted by Crippen LogP contribution is -2.49. The number of nitrogens with one attached hydrogen (secondary N) is 1. The minimum atomic E-state index is -2.08. The number of nitro groups is 1. The van der Waals surface area contributed by atoms with E-state index in [9.17, 15) is 14.9 Å². The molecule has 28 heavy (non-hydrogen) atoms. The lowest BCUT2D eigenvalue weighted by atomic mass is 9.98. The summed E-state index contributed by atoms with van der Waals surface area (Å²) in [4.78, 5) is 23.1. The fraction of sp³-hybridized carbons (Fsp3) is 0.556. The van der Waals surface area contributed by atoms with Gasteiger partial charge in [0.2, 0.25) is 0 Å². The van der Waals surface area contributed by atoms with Gasteiger partial charge >= 0.3 is 5.69 Å². The highest BCUT2D eigenvalue weighted by molar-refractivity contribution is 6.74. The average Bonchev–Trinajstić information content (AvgIpc) is 3.01. The van der Waals surface area contributed by atoms with Crippen molar-refractivity contribution in [2.24, 2.45) is 0 Å². The zero-order valence-electron chi connectivity index (χ0n) is 17.0. The molecule has 0 saturated heterocycles. The van der Waals surface area contributed by atoms with Crippen molar-refractivity contribution >= 4 is 14.0 Å². The molecule has 1 atom stereocenters. The molecule has 1 aliphatic heterocycles. The molecular weight excluding hydrogens is 380 g/mol. The minimum Gasteiger partial charge on any atom is -0.475 e. The van der Waals surface area contributed by atoms with Crippen molar-refractivity contribution in [3.05, 3.63) is 44.6 Å². The summed E-state index contributed by atoms with van der Waals surface area (Å²) in [5.41, 5.74) is -1.25. The van der Waals surface area contributed by atoms with E-state index in [4.69, 9.17) is 9.16 Å². The second-order valence-corrected chi connectivity index (χ2v) is 13.4. The third-order valence-electron chi connectivity index (χ3n) is 5.82. The number of hydrogen-bond donors (Lipinski definition) is 1. The highest BCUT2D eigenvalue weighted by Crippen LogP contribution is 2.43. The molecule has 1 aliphatic rings. The molecule has 0 bridgehead atoms. The first kappa shape index (κ1) is 20.3. The van der Waals surface area contributed by atoms with Crippen LogP contribution in [-0.2, 0) is 10.0 Å². The van der Waals surface area contributed by atoms with Gasteiger partial charge in [0, 0.05) is 12.1 Å². The second kappa shape index (κ2) is 6.56. The van der Waals surface area contributed by atoms with Crippen molar-refractivity contribution in [3.8, 4) is 11.4 Å². The number of benzene rings is 1. The summed E-state index contributed by atoms with van der Waals surface area (Å²) in [6, 6.07) is 4.21. The Labute approximate surface area is 164 Å². The van der Waals surface area contributed by atoms with Gasteiger partial charge in [-0.15, -0.1) is 0 Å². The van der Waals surface area contributed by atoms with Crippen molar-refractivity contribution < 1.29 is 14.1 Å². The van der Waals surface area contributed by atoms with E-state index in [0.717, 1.165) is 0 Å². The molecular formula is C18H26N4O5Si. The zero-order chi connectivity index (χ0) is 20.9. The van der Waals surface area contributed by atoms with Crippen molar-refractivity contribution in [3.63, 3.8) is 0 Å². The fourth-order valence-corrected chi connectivity index (χ4v) is 3.93. The lowest BCUT2D eigenvalue weighted by molar-refractivity contribution is -0.384. The maximum absolute atomic E-state index is 12.5. The van der Waals surface area contributed by atoms with Gasteiger partial charge in [0.25, 0.3) is 5.69 Å². The maximum atomic E-state index is 12.5.